The summed E-state index contributed by atoms with van der Waals surface area (Å²) in [5.74, 6) is 4.65. The van der Waals surface area contributed by atoms with E-state index < -0.39 is 0 Å². The lowest BCUT2D eigenvalue weighted by molar-refractivity contribution is 0.0650. The minimum Gasteiger partial charge on any atom is -0.198 e. The first-order valence-corrected chi connectivity index (χ1v) is 12.6. The summed E-state index contributed by atoms with van der Waals surface area (Å²) in [4.78, 5) is 0. The van der Waals surface area contributed by atoms with Crippen molar-refractivity contribution in [2.24, 2.45) is 35.0 Å². The molecule has 3 saturated carbocycles. The van der Waals surface area contributed by atoms with Crippen molar-refractivity contribution in [2.75, 3.05) is 0 Å². The van der Waals surface area contributed by atoms with Gasteiger partial charge in [-0.3, -0.25) is 0 Å². The Hall–Kier alpha value is -0.510. The molecule has 0 heterocycles. The first-order valence-electron chi connectivity index (χ1n) is 12.6. The number of hydrogen-bond donors (Lipinski definition) is 0. The average Bonchev–Trinajstić information content (AvgIpc) is 2.75. The van der Waals surface area contributed by atoms with Crippen molar-refractivity contribution in [2.45, 2.75) is 123 Å². The van der Waals surface area contributed by atoms with Crippen LogP contribution in [0.5, 0.6) is 0 Å². The van der Waals surface area contributed by atoms with Gasteiger partial charge in [0.05, 0.1) is 11.5 Å². The Kier molecular flexibility index (Phi) is 8.10. The maximum Gasteiger partial charge on any atom is 0.0692 e. The SMILES string of the molecule is CCCCC[C@H]1CC[C@@](C#N)([C@H]2CC[C@@H]([C@H]3CC[C@H](CC)CC3)CC2)CC1. The van der Waals surface area contributed by atoms with Gasteiger partial charge in [0.2, 0.25) is 0 Å². The lowest BCUT2D eigenvalue weighted by atomic mass is 9.58. The fourth-order valence-corrected chi connectivity index (χ4v) is 6.99. The molecule has 1 nitrogen and oxygen atoms in total. The lowest BCUT2D eigenvalue weighted by Crippen LogP contribution is -2.37. The Balaban J connectivity index is 1.45. The summed E-state index contributed by atoms with van der Waals surface area (Å²) in [7, 11) is 0. The normalized spacial score (nSPS) is 40.4. The van der Waals surface area contributed by atoms with Crippen molar-refractivity contribution in [3.63, 3.8) is 0 Å². The van der Waals surface area contributed by atoms with Gasteiger partial charge in [0.25, 0.3) is 0 Å². The second kappa shape index (κ2) is 10.3. The highest BCUT2D eigenvalue weighted by Gasteiger charge is 2.44. The summed E-state index contributed by atoms with van der Waals surface area (Å²) in [5, 5.41) is 10.1. The van der Waals surface area contributed by atoms with Crippen LogP contribution in [0.2, 0.25) is 0 Å². The van der Waals surface area contributed by atoms with Crippen molar-refractivity contribution >= 4 is 0 Å². The third-order valence-corrected chi connectivity index (χ3v) is 9.12. The van der Waals surface area contributed by atoms with Gasteiger partial charge < -0.3 is 0 Å². The van der Waals surface area contributed by atoms with Crippen LogP contribution in [0, 0.1) is 46.3 Å². The van der Waals surface area contributed by atoms with E-state index in [-0.39, 0.29) is 5.41 Å². The summed E-state index contributed by atoms with van der Waals surface area (Å²) in [6.07, 6.45) is 23.5. The van der Waals surface area contributed by atoms with E-state index >= 15 is 0 Å². The topological polar surface area (TPSA) is 23.8 Å². The molecular formula is C26H45N. The molecule has 3 fully saturated rings. The highest BCUT2D eigenvalue weighted by molar-refractivity contribution is 5.06. The van der Waals surface area contributed by atoms with Gasteiger partial charge in [0, 0.05) is 0 Å². The predicted molar refractivity (Wildman–Crippen MR) is 115 cm³/mol. The van der Waals surface area contributed by atoms with Crippen LogP contribution >= 0.6 is 0 Å². The van der Waals surface area contributed by atoms with Crippen molar-refractivity contribution < 1.29 is 0 Å². The molecule has 0 unspecified atom stereocenters. The van der Waals surface area contributed by atoms with Crippen LogP contribution in [0.25, 0.3) is 0 Å². The smallest absolute Gasteiger partial charge is 0.0692 e. The van der Waals surface area contributed by atoms with Gasteiger partial charge in [-0.25, -0.2) is 0 Å². The second-order valence-corrected chi connectivity index (χ2v) is 10.5. The third kappa shape index (κ3) is 5.31. The van der Waals surface area contributed by atoms with Gasteiger partial charge in [-0.15, -0.1) is 0 Å². The summed E-state index contributed by atoms with van der Waals surface area (Å²) in [6.45, 7) is 4.67. The van der Waals surface area contributed by atoms with E-state index in [9.17, 15) is 5.26 Å². The molecule has 0 aromatic heterocycles. The molecule has 3 aliphatic carbocycles. The first-order chi connectivity index (χ1) is 13.2. The molecule has 0 saturated heterocycles. The molecule has 0 aliphatic heterocycles. The average molecular weight is 372 g/mol. The molecule has 0 amide bonds. The molecule has 0 aromatic rings. The van der Waals surface area contributed by atoms with Crippen LogP contribution in [0.4, 0.5) is 0 Å². The highest BCUT2D eigenvalue weighted by atomic mass is 14.5. The van der Waals surface area contributed by atoms with Crippen LogP contribution in [0.15, 0.2) is 0 Å². The zero-order chi connectivity index (χ0) is 19.1. The Labute approximate surface area is 169 Å². The Morgan fingerprint density at radius 1 is 0.741 bits per heavy atom. The Morgan fingerprint density at radius 3 is 1.85 bits per heavy atom. The van der Waals surface area contributed by atoms with E-state index in [1.165, 1.54) is 109 Å². The van der Waals surface area contributed by atoms with E-state index in [1.54, 1.807) is 0 Å². The number of nitrogens with zero attached hydrogens (tertiary/aromatic N) is 1. The number of unbranched alkanes of at least 4 members (excludes halogenated alkanes) is 2. The fourth-order valence-electron chi connectivity index (χ4n) is 6.99. The summed E-state index contributed by atoms with van der Waals surface area (Å²) in [6, 6.07) is 2.88. The molecule has 0 bridgehead atoms. The maximum absolute atomic E-state index is 10.1. The van der Waals surface area contributed by atoms with Crippen LogP contribution < -0.4 is 0 Å². The highest BCUT2D eigenvalue weighted by Crippen LogP contribution is 2.52. The first kappa shape index (κ1) is 21.2. The molecule has 0 aromatic carbocycles. The van der Waals surface area contributed by atoms with E-state index in [0.717, 1.165) is 23.7 Å². The molecule has 0 N–H and O–H groups in total. The van der Waals surface area contributed by atoms with Gasteiger partial charge in [0.1, 0.15) is 0 Å². The molecule has 0 spiro atoms. The van der Waals surface area contributed by atoms with Gasteiger partial charge in [0.15, 0.2) is 0 Å². The van der Waals surface area contributed by atoms with Crippen LogP contribution in [0.3, 0.4) is 0 Å². The number of hydrogen-bond acceptors (Lipinski definition) is 1. The van der Waals surface area contributed by atoms with Gasteiger partial charge >= 0.3 is 0 Å². The molecule has 27 heavy (non-hydrogen) atoms. The zero-order valence-electron chi connectivity index (χ0n) is 18.4. The quantitative estimate of drug-likeness (QED) is 0.413. The van der Waals surface area contributed by atoms with Crippen LogP contribution in [0.1, 0.15) is 123 Å². The van der Waals surface area contributed by atoms with Crippen LogP contribution in [-0.4, -0.2) is 0 Å². The molecule has 0 atom stereocenters. The monoisotopic (exact) mass is 371 g/mol. The predicted octanol–water partition coefficient (Wildman–Crippen LogP) is 8.29. The molecule has 154 valence electrons. The molecule has 3 aliphatic rings. The van der Waals surface area contributed by atoms with Gasteiger partial charge in [-0.05, 0) is 93.8 Å². The van der Waals surface area contributed by atoms with E-state index in [4.69, 9.17) is 0 Å². The molecule has 0 radical (unpaired) electrons. The standard InChI is InChI=1S/C26H45N/c1-3-5-6-7-22-16-18-26(20-27,19-17-22)25-14-12-24(13-15-25)23-10-8-21(4-2)9-11-23/h21-25H,3-19H2,1-2H3/t21-,22-,23-,24-,25+,26+. The molecular weight excluding hydrogens is 326 g/mol. The Morgan fingerprint density at radius 2 is 1.33 bits per heavy atom. The van der Waals surface area contributed by atoms with Crippen molar-refractivity contribution in [1.82, 2.24) is 0 Å². The zero-order valence-corrected chi connectivity index (χ0v) is 18.4. The molecule has 1 heteroatoms. The van der Waals surface area contributed by atoms with E-state index in [0.29, 0.717) is 5.92 Å². The van der Waals surface area contributed by atoms with E-state index in [2.05, 4.69) is 19.9 Å². The van der Waals surface area contributed by atoms with Crippen molar-refractivity contribution in [1.29, 1.82) is 5.26 Å². The second-order valence-electron chi connectivity index (χ2n) is 10.5. The van der Waals surface area contributed by atoms with Crippen molar-refractivity contribution in [3.05, 3.63) is 0 Å². The van der Waals surface area contributed by atoms with Gasteiger partial charge in [-0.1, -0.05) is 58.8 Å². The van der Waals surface area contributed by atoms with E-state index in [1.807, 2.05) is 0 Å². The third-order valence-electron chi connectivity index (χ3n) is 9.12. The van der Waals surface area contributed by atoms with Crippen LogP contribution in [-0.2, 0) is 0 Å². The summed E-state index contributed by atoms with van der Waals surface area (Å²) < 4.78 is 0. The summed E-state index contributed by atoms with van der Waals surface area (Å²) >= 11 is 0. The minimum atomic E-state index is 0.0477. The number of rotatable bonds is 7. The summed E-state index contributed by atoms with van der Waals surface area (Å²) in [5.41, 5.74) is 0.0477. The Bertz CT molecular complexity index is 451. The largest absolute Gasteiger partial charge is 0.198 e. The fraction of sp³-hybridized carbons (Fsp3) is 0.962. The van der Waals surface area contributed by atoms with Crippen molar-refractivity contribution in [3.8, 4) is 6.07 Å². The number of nitriles is 1. The minimum absolute atomic E-state index is 0.0477. The molecule has 3 rings (SSSR count). The van der Waals surface area contributed by atoms with Gasteiger partial charge in [-0.2, -0.15) is 5.26 Å². The lowest BCUT2D eigenvalue weighted by Gasteiger charge is -2.45. The maximum atomic E-state index is 10.1.